The van der Waals surface area contributed by atoms with E-state index in [2.05, 4.69) is 32.7 Å². The molecule has 2 aromatic heterocycles. The summed E-state index contributed by atoms with van der Waals surface area (Å²) in [6.45, 7) is 2.48. The molecule has 1 atom stereocenters. The van der Waals surface area contributed by atoms with Crippen LogP contribution in [0.2, 0.25) is 0 Å². The second-order valence-corrected chi connectivity index (χ2v) is 9.19. The average Bonchev–Trinajstić information content (AvgIpc) is 3.49. The minimum absolute atomic E-state index is 0.235. The largest absolute Gasteiger partial charge is 0.342 e. The first-order valence-corrected chi connectivity index (χ1v) is 11.6. The van der Waals surface area contributed by atoms with Crippen molar-refractivity contribution in [2.24, 2.45) is 11.8 Å². The van der Waals surface area contributed by atoms with Crippen LogP contribution in [0.15, 0.2) is 66.9 Å². The van der Waals surface area contributed by atoms with Gasteiger partial charge in [-0.1, -0.05) is 36.4 Å². The first-order chi connectivity index (χ1) is 16.2. The molecule has 0 radical (unpaired) electrons. The van der Waals surface area contributed by atoms with Crippen LogP contribution < -0.4 is 0 Å². The van der Waals surface area contributed by atoms with E-state index in [0.717, 1.165) is 72.6 Å². The van der Waals surface area contributed by atoms with Crippen molar-refractivity contribution in [2.45, 2.75) is 25.8 Å². The summed E-state index contributed by atoms with van der Waals surface area (Å²) in [4.78, 5) is 23.9. The van der Waals surface area contributed by atoms with Crippen molar-refractivity contribution in [1.82, 2.24) is 19.4 Å². The summed E-state index contributed by atoms with van der Waals surface area (Å²) >= 11 is 0. The van der Waals surface area contributed by atoms with Crippen LogP contribution in [0.4, 0.5) is 4.39 Å². The van der Waals surface area contributed by atoms with Crippen molar-refractivity contribution in [3.05, 3.63) is 72.7 Å². The van der Waals surface area contributed by atoms with E-state index in [9.17, 15) is 9.18 Å². The van der Waals surface area contributed by atoms with Crippen LogP contribution in [-0.2, 0) is 11.3 Å². The Bertz CT molecular complexity index is 1310. The fourth-order valence-electron chi connectivity index (χ4n) is 4.85. The smallest absolute Gasteiger partial charge is 0.225 e. The van der Waals surface area contributed by atoms with Crippen LogP contribution in [0.25, 0.3) is 33.7 Å². The number of nitrogens with zero attached hydrogens (tertiary/aromatic N) is 4. The van der Waals surface area contributed by atoms with E-state index in [1.54, 1.807) is 18.3 Å². The molecular formula is C27H25FN4O. The predicted octanol–water partition coefficient (Wildman–Crippen LogP) is 5.16. The van der Waals surface area contributed by atoms with E-state index in [1.165, 1.54) is 12.1 Å². The fraction of sp³-hybridized carbons (Fsp3) is 0.296. The molecule has 3 heterocycles. The Balaban J connectivity index is 1.30. The van der Waals surface area contributed by atoms with Crippen molar-refractivity contribution in [1.29, 1.82) is 0 Å². The van der Waals surface area contributed by atoms with E-state index >= 15 is 0 Å². The Morgan fingerprint density at radius 1 is 0.939 bits per heavy atom. The number of amides is 1. The standard InChI is InChI=1S/C27H25FN4O/c28-23-11-9-20(10-12-23)19-3-5-21(6-4-19)26-30-25-24(2-1-14-29-25)32(26)17-18-13-15-31(16-18)27(33)22-7-8-22/h1-6,9-12,14,18,22H,7-8,13,15-17H2/t18-/m1/s1. The molecule has 2 fully saturated rings. The third kappa shape index (κ3) is 3.90. The van der Waals surface area contributed by atoms with Gasteiger partial charge in [-0.25, -0.2) is 14.4 Å². The van der Waals surface area contributed by atoms with Gasteiger partial charge in [0.15, 0.2) is 5.65 Å². The maximum absolute atomic E-state index is 13.3. The van der Waals surface area contributed by atoms with Crippen molar-refractivity contribution < 1.29 is 9.18 Å². The van der Waals surface area contributed by atoms with E-state index in [0.29, 0.717) is 11.8 Å². The second kappa shape index (κ2) is 8.10. The van der Waals surface area contributed by atoms with Gasteiger partial charge in [-0.15, -0.1) is 0 Å². The Morgan fingerprint density at radius 2 is 1.64 bits per heavy atom. The molecule has 6 heteroatoms. The summed E-state index contributed by atoms with van der Waals surface area (Å²) in [5.41, 5.74) is 4.78. The number of rotatable bonds is 5. The van der Waals surface area contributed by atoms with Gasteiger partial charge >= 0.3 is 0 Å². The number of halogens is 1. The van der Waals surface area contributed by atoms with E-state index in [1.807, 2.05) is 18.2 Å². The Labute approximate surface area is 191 Å². The van der Waals surface area contributed by atoms with Crippen LogP contribution in [0.3, 0.4) is 0 Å². The van der Waals surface area contributed by atoms with Crippen LogP contribution in [0, 0.1) is 17.7 Å². The van der Waals surface area contributed by atoms with Crippen molar-refractivity contribution in [3.8, 4) is 22.5 Å². The van der Waals surface area contributed by atoms with Gasteiger partial charge in [-0.2, -0.15) is 0 Å². The van der Waals surface area contributed by atoms with Crippen LogP contribution in [-0.4, -0.2) is 38.4 Å². The number of fused-ring (bicyclic) bond motifs is 1. The van der Waals surface area contributed by atoms with Crippen LogP contribution >= 0.6 is 0 Å². The molecule has 0 N–H and O–H groups in total. The number of carbonyl (C=O) groups excluding carboxylic acids is 1. The summed E-state index contributed by atoms with van der Waals surface area (Å²) < 4.78 is 15.5. The molecule has 5 nitrogen and oxygen atoms in total. The molecule has 4 aromatic rings. The molecule has 33 heavy (non-hydrogen) atoms. The third-order valence-electron chi connectivity index (χ3n) is 6.81. The van der Waals surface area contributed by atoms with Crippen LogP contribution in [0.5, 0.6) is 0 Å². The predicted molar refractivity (Wildman–Crippen MR) is 126 cm³/mol. The zero-order chi connectivity index (χ0) is 22.4. The lowest BCUT2D eigenvalue weighted by molar-refractivity contribution is -0.131. The van der Waals surface area contributed by atoms with E-state index in [-0.39, 0.29) is 11.7 Å². The molecular weight excluding hydrogens is 415 g/mol. The fourth-order valence-corrected chi connectivity index (χ4v) is 4.85. The minimum atomic E-state index is -0.235. The van der Waals surface area contributed by atoms with Gasteiger partial charge in [-0.3, -0.25) is 4.79 Å². The first-order valence-electron chi connectivity index (χ1n) is 11.6. The number of hydrogen-bond donors (Lipinski definition) is 0. The highest BCUT2D eigenvalue weighted by Crippen LogP contribution is 2.34. The second-order valence-electron chi connectivity index (χ2n) is 9.19. The van der Waals surface area contributed by atoms with Gasteiger partial charge in [0, 0.05) is 37.3 Å². The van der Waals surface area contributed by atoms with Crippen molar-refractivity contribution in [2.75, 3.05) is 13.1 Å². The van der Waals surface area contributed by atoms with Crippen molar-refractivity contribution >= 4 is 17.1 Å². The molecule has 1 amide bonds. The topological polar surface area (TPSA) is 51.0 Å². The molecule has 0 bridgehead atoms. The number of imidazole rings is 1. The quantitative estimate of drug-likeness (QED) is 0.431. The van der Waals surface area contributed by atoms with E-state index in [4.69, 9.17) is 4.98 Å². The van der Waals surface area contributed by atoms with Gasteiger partial charge in [0.05, 0.1) is 5.52 Å². The van der Waals surface area contributed by atoms with Gasteiger partial charge in [-0.05, 0) is 60.6 Å². The number of hydrogen-bond acceptors (Lipinski definition) is 3. The number of benzene rings is 2. The lowest BCUT2D eigenvalue weighted by Crippen LogP contribution is -2.30. The lowest BCUT2D eigenvalue weighted by Gasteiger charge is -2.17. The summed E-state index contributed by atoms with van der Waals surface area (Å²) in [5.74, 6) is 1.67. The van der Waals surface area contributed by atoms with Gasteiger partial charge in [0.2, 0.25) is 5.91 Å². The summed E-state index contributed by atoms with van der Waals surface area (Å²) in [7, 11) is 0. The molecule has 1 saturated heterocycles. The SMILES string of the molecule is O=C(C1CC1)N1CC[C@@H](Cn2c(-c3ccc(-c4ccc(F)cc4)cc3)nc3ncccc32)C1. The molecule has 1 saturated carbocycles. The maximum atomic E-state index is 13.3. The molecule has 0 unspecified atom stereocenters. The summed E-state index contributed by atoms with van der Waals surface area (Å²) in [6, 6.07) is 18.8. The molecule has 2 aromatic carbocycles. The van der Waals surface area contributed by atoms with E-state index < -0.39 is 0 Å². The molecule has 166 valence electrons. The molecule has 6 rings (SSSR count). The summed E-state index contributed by atoms with van der Waals surface area (Å²) in [6.07, 6.45) is 4.89. The number of pyridine rings is 1. The van der Waals surface area contributed by atoms with Crippen molar-refractivity contribution in [3.63, 3.8) is 0 Å². The van der Waals surface area contributed by atoms with Gasteiger partial charge in [0.25, 0.3) is 0 Å². The molecule has 1 aliphatic carbocycles. The number of likely N-dealkylation sites (tertiary alicyclic amines) is 1. The number of carbonyl (C=O) groups is 1. The lowest BCUT2D eigenvalue weighted by atomic mass is 10.0. The molecule has 1 aliphatic heterocycles. The zero-order valence-electron chi connectivity index (χ0n) is 18.3. The zero-order valence-corrected chi connectivity index (χ0v) is 18.3. The Kier molecular flexibility index (Phi) is 4.93. The van der Waals surface area contributed by atoms with Gasteiger partial charge < -0.3 is 9.47 Å². The summed E-state index contributed by atoms with van der Waals surface area (Å²) in [5, 5.41) is 0. The van der Waals surface area contributed by atoms with Crippen LogP contribution in [0.1, 0.15) is 19.3 Å². The highest BCUT2D eigenvalue weighted by molar-refractivity contribution is 5.81. The monoisotopic (exact) mass is 440 g/mol. The van der Waals surface area contributed by atoms with Gasteiger partial charge in [0.1, 0.15) is 11.6 Å². The molecule has 2 aliphatic rings. The molecule has 0 spiro atoms. The first kappa shape index (κ1) is 20.1. The highest BCUT2D eigenvalue weighted by Gasteiger charge is 2.36. The Hall–Kier alpha value is -3.54. The average molecular weight is 441 g/mol. The normalized spacial score (nSPS) is 18.2. The number of aromatic nitrogens is 3. The Morgan fingerprint density at radius 3 is 2.36 bits per heavy atom. The minimum Gasteiger partial charge on any atom is -0.342 e. The maximum Gasteiger partial charge on any atom is 0.225 e. The third-order valence-corrected chi connectivity index (χ3v) is 6.81. The highest BCUT2D eigenvalue weighted by atomic mass is 19.1.